The molecule has 6 aromatic carbocycles. The van der Waals surface area contributed by atoms with E-state index in [1.165, 1.54) is 55.7 Å². The van der Waals surface area contributed by atoms with Gasteiger partial charge in [0.25, 0.3) is 0 Å². The number of rotatable bonds is 8. The average molecular weight is 693 g/mol. The first-order valence-corrected chi connectivity index (χ1v) is 18.8. The zero-order valence-corrected chi connectivity index (χ0v) is 30.4. The van der Waals surface area contributed by atoms with Gasteiger partial charge in [-0.2, -0.15) is 0 Å². The van der Waals surface area contributed by atoms with Crippen molar-refractivity contribution in [2.75, 3.05) is 0 Å². The summed E-state index contributed by atoms with van der Waals surface area (Å²) in [5.74, 6) is 0. The molecule has 2 heterocycles. The molecule has 258 valence electrons. The second-order valence-electron chi connectivity index (χ2n) is 14.1. The van der Waals surface area contributed by atoms with Crippen LogP contribution < -0.4 is 0 Å². The van der Waals surface area contributed by atoms with Gasteiger partial charge in [0.15, 0.2) is 0 Å². The van der Waals surface area contributed by atoms with Crippen LogP contribution in [-0.4, -0.2) is 9.97 Å². The van der Waals surface area contributed by atoms with Gasteiger partial charge in [0, 0.05) is 22.0 Å². The lowest BCUT2D eigenvalue weighted by Crippen LogP contribution is -2.01. The quantitative estimate of drug-likeness (QED) is 0.148. The second kappa shape index (κ2) is 14.8. The number of pyridine rings is 2. The number of aryl methyl sites for hydroxylation is 1. The van der Waals surface area contributed by atoms with Gasteiger partial charge in [-0.05, 0) is 100 Å². The van der Waals surface area contributed by atoms with Gasteiger partial charge in [0.05, 0.1) is 16.7 Å². The van der Waals surface area contributed by atoms with E-state index >= 15 is 0 Å². The maximum absolute atomic E-state index is 5.40. The van der Waals surface area contributed by atoms with Crippen molar-refractivity contribution in [3.05, 3.63) is 233 Å². The standard InChI is InChI=1S/C52H40N2/c1-36-26-31-45-47(35-37-16-6-2-7-17-37)50(42-22-12-5-13-23-42)46-32-33-48(54-52(46)51(45)53-36)39-29-27-38(28-30-39)34-43-24-14-15-25-44(43)49(40-18-8-3-9-19-40)41-20-10-4-11-21-41/h2-20,22-33H,21,34-35H2,1H3/b49-41-. The fourth-order valence-electron chi connectivity index (χ4n) is 7.95. The Labute approximate surface area is 317 Å². The summed E-state index contributed by atoms with van der Waals surface area (Å²) < 4.78 is 0. The van der Waals surface area contributed by atoms with Crippen LogP contribution in [0.5, 0.6) is 0 Å². The summed E-state index contributed by atoms with van der Waals surface area (Å²) in [7, 11) is 0. The minimum atomic E-state index is 0.812. The number of fused-ring (bicyclic) bond motifs is 3. The van der Waals surface area contributed by atoms with Gasteiger partial charge in [-0.15, -0.1) is 0 Å². The third kappa shape index (κ3) is 6.59. The first kappa shape index (κ1) is 33.2. The SMILES string of the molecule is Cc1ccc2c(Cc3ccccc3)c(-c3ccccc3)c3ccc(-c4ccc(Cc5ccccc5/C(=C5/C=CC=CC5)c5ccccc5)cc4)nc3c2n1. The average Bonchev–Trinajstić information content (AvgIpc) is 3.23. The lowest BCUT2D eigenvalue weighted by Gasteiger charge is -2.19. The van der Waals surface area contributed by atoms with E-state index in [-0.39, 0.29) is 0 Å². The van der Waals surface area contributed by atoms with E-state index in [1.54, 1.807) is 0 Å². The summed E-state index contributed by atoms with van der Waals surface area (Å²) in [6, 6.07) is 58.9. The summed E-state index contributed by atoms with van der Waals surface area (Å²) in [5, 5.41) is 2.28. The molecule has 9 rings (SSSR count). The zero-order valence-electron chi connectivity index (χ0n) is 30.4. The molecule has 2 nitrogen and oxygen atoms in total. The number of nitrogens with zero attached hydrogens (tertiary/aromatic N) is 2. The number of allylic oxidation sites excluding steroid dienone is 5. The van der Waals surface area contributed by atoms with Crippen molar-refractivity contribution in [2.45, 2.75) is 26.2 Å². The minimum absolute atomic E-state index is 0.812. The molecule has 2 aromatic heterocycles. The Morgan fingerprint density at radius 3 is 1.96 bits per heavy atom. The molecule has 0 saturated carbocycles. The van der Waals surface area contributed by atoms with Gasteiger partial charge in [-0.1, -0.05) is 170 Å². The Morgan fingerprint density at radius 2 is 1.20 bits per heavy atom. The van der Waals surface area contributed by atoms with Crippen molar-refractivity contribution in [2.24, 2.45) is 0 Å². The Bertz CT molecular complexity index is 2700. The molecule has 8 aromatic rings. The summed E-state index contributed by atoms with van der Waals surface area (Å²) in [6.45, 7) is 2.07. The maximum atomic E-state index is 5.40. The highest BCUT2D eigenvalue weighted by atomic mass is 14.8. The lowest BCUT2D eigenvalue weighted by molar-refractivity contribution is 1.17. The highest BCUT2D eigenvalue weighted by Gasteiger charge is 2.20. The van der Waals surface area contributed by atoms with Crippen LogP contribution in [0.2, 0.25) is 0 Å². The van der Waals surface area contributed by atoms with Gasteiger partial charge < -0.3 is 0 Å². The largest absolute Gasteiger partial charge is 0.251 e. The first-order valence-electron chi connectivity index (χ1n) is 18.8. The number of hydrogen-bond donors (Lipinski definition) is 0. The van der Waals surface area contributed by atoms with Crippen LogP contribution in [0.3, 0.4) is 0 Å². The van der Waals surface area contributed by atoms with Crippen molar-refractivity contribution < 1.29 is 0 Å². The highest BCUT2D eigenvalue weighted by molar-refractivity contribution is 6.13. The number of benzene rings is 6. The molecule has 0 N–H and O–H groups in total. The zero-order chi connectivity index (χ0) is 36.3. The van der Waals surface area contributed by atoms with Gasteiger partial charge in [-0.25, -0.2) is 4.98 Å². The molecular formula is C52H40N2. The second-order valence-corrected chi connectivity index (χ2v) is 14.1. The van der Waals surface area contributed by atoms with Crippen LogP contribution in [0.4, 0.5) is 0 Å². The van der Waals surface area contributed by atoms with Crippen LogP contribution >= 0.6 is 0 Å². The topological polar surface area (TPSA) is 25.8 Å². The monoisotopic (exact) mass is 692 g/mol. The van der Waals surface area contributed by atoms with Crippen LogP contribution in [0.25, 0.3) is 49.8 Å². The highest BCUT2D eigenvalue weighted by Crippen LogP contribution is 2.40. The molecule has 0 radical (unpaired) electrons. The summed E-state index contributed by atoms with van der Waals surface area (Å²) in [5.41, 5.74) is 17.7. The fraction of sp³-hybridized carbons (Fsp3) is 0.0769. The molecule has 0 spiro atoms. The maximum Gasteiger partial charge on any atom is 0.0978 e. The van der Waals surface area contributed by atoms with E-state index in [0.717, 1.165) is 58.0 Å². The summed E-state index contributed by atoms with van der Waals surface area (Å²) in [6.07, 6.45) is 11.4. The molecule has 0 unspecified atom stereocenters. The molecule has 1 aliphatic carbocycles. The third-order valence-corrected chi connectivity index (χ3v) is 10.5. The third-order valence-electron chi connectivity index (χ3n) is 10.5. The van der Waals surface area contributed by atoms with E-state index in [1.807, 2.05) is 0 Å². The van der Waals surface area contributed by atoms with Crippen molar-refractivity contribution >= 4 is 27.4 Å². The Kier molecular flexibility index (Phi) is 9.08. The molecule has 0 bridgehead atoms. The summed E-state index contributed by atoms with van der Waals surface area (Å²) in [4.78, 5) is 10.5. The first-order chi connectivity index (χ1) is 26.7. The van der Waals surface area contributed by atoms with Crippen molar-refractivity contribution in [3.8, 4) is 22.4 Å². The Balaban J connectivity index is 1.11. The smallest absolute Gasteiger partial charge is 0.0978 e. The molecule has 0 aliphatic heterocycles. The van der Waals surface area contributed by atoms with Crippen molar-refractivity contribution in [3.63, 3.8) is 0 Å². The Morgan fingerprint density at radius 1 is 0.537 bits per heavy atom. The van der Waals surface area contributed by atoms with E-state index in [4.69, 9.17) is 9.97 Å². The van der Waals surface area contributed by atoms with Crippen molar-refractivity contribution in [1.29, 1.82) is 0 Å². The molecule has 0 saturated heterocycles. The normalized spacial score (nSPS) is 13.4. The van der Waals surface area contributed by atoms with Gasteiger partial charge in [0.2, 0.25) is 0 Å². The van der Waals surface area contributed by atoms with E-state index < -0.39 is 0 Å². The van der Waals surface area contributed by atoms with E-state index in [2.05, 4.69) is 195 Å². The molecule has 2 heteroatoms. The minimum Gasteiger partial charge on any atom is -0.251 e. The molecule has 0 amide bonds. The van der Waals surface area contributed by atoms with Gasteiger partial charge in [-0.3, -0.25) is 4.98 Å². The molecule has 1 aliphatic rings. The van der Waals surface area contributed by atoms with Crippen molar-refractivity contribution in [1.82, 2.24) is 9.97 Å². The fourth-order valence-corrected chi connectivity index (χ4v) is 7.95. The lowest BCUT2D eigenvalue weighted by atomic mass is 9.86. The van der Waals surface area contributed by atoms with Gasteiger partial charge in [0.1, 0.15) is 0 Å². The van der Waals surface area contributed by atoms with Crippen LogP contribution in [0.1, 0.15) is 45.5 Å². The van der Waals surface area contributed by atoms with Crippen LogP contribution in [0.15, 0.2) is 194 Å². The molecule has 0 fully saturated rings. The molecule has 54 heavy (non-hydrogen) atoms. The molecule has 0 atom stereocenters. The van der Waals surface area contributed by atoms with Crippen LogP contribution in [-0.2, 0) is 12.8 Å². The summed E-state index contributed by atoms with van der Waals surface area (Å²) >= 11 is 0. The van der Waals surface area contributed by atoms with Gasteiger partial charge >= 0.3 is 0 Å². The number of aromatic nitrogens is 2. The van der Waals surface area contributed by atoms with Crippen LogP contribution in [0, 0.1) is 6.92 Å². The predicted octanol–water partition coefficient (Wildman–Crippen LogP) is 12.9. The molecular weight excluding hydrogens is 653 g/mol. The van der Waals surface area contributed by atoms with E-state index in [0.29, 0.717) is 0 Å². The van der Waals surface area contributed by atoms with E-state index in [9.17, 15) is 0 Å². The predicted molar refractivity (Wildman–Crippen MR) is 227 cm³/mol. The Hall–Kier alpha value is -6.64. The number of hydrogen-bond acceptors (Lipinski definition) is 2.